The topological polar surface area (TPSA) is 58.4 Å². The van der Waals surface area contributed by atoms with E-state index in [1.54, 1.807) is 18.5 Å². The van der Waals surface area contributed by atoms with Crippen molar-refractivity contribution in [3.63, 3.8) is 0 Å². The van der Waals surface area contributed by atoms with Gasteiger partial charge >= 0.3 is 0 Å². The van der Waals surface area contributed by atoms with Gasteiger partial charge in [0.15, 0.2) is 0 Å². The van der Waals surface area contributed by atoms with Crippen molar-refractivity contribution in [1.82, 2.24) is 9.88 Å². The van der Waals surface area contributed by atoms with E-state index in [1.165, 1.54) is 22.3 Å². The first kappa shape index (κ1) is 27.7. The van der Waals surface area contributed by atoms with Crippen molar-refractivity contribution in [2.45, 2.75) is 52.4 Å². The molecule has 0 saturated carbocycles. The molecule has 0 bridgehead atoms. The summed E-state index contributed by atoms with van der Waals surface area (Å²) < 4.78 is 12.9. The van der Waals surface area contributed by atoms with E-state index in [2.05, 4.69) is 72.3 Å². The van der Waals surface area contributed by atoms with E-state index in [0.717, 1.165) is 55.8 Å². The molecule has 6 heteroatoms. The van der Waals surface area contributed by atoms with Crippen LogP contribution in [0.3, 0.4) is 0 Å². The second kappa shape index (κ2) is 13.0. The highest BCUT2D eigenvalue weighted by atomic mass is 35.5. The third-order valence-electron chi connectivity index (χ3n) is 7.38. The van der Waals surface area contributed by atoms with Crippen molar-refractivity contribution in [3.8, 4) is 28.7 Å². The molecule has 1 unspecified atom stereocenters. The first-order valence-corrected chi connectivity index (χ1v) is 14.3. The largest absolute Gasteiger partial charge is 0.488 e. The fourth-order valence-corrected chi connectivity index (χ4v) is 5.63. The average molecular weight is 552 g/mol. The third kappa shape index (κ3) is 6.31. The number of aromatic nitrogens is 1. The van der Waals surface area contributed by atoms with Crippen molar-refractivity contribution < 1.29 is 9.47 Å². The molecule has 3 aromatic carbocycles. The van der Waals surface area contributed by atoms with Crippen LogP contribution in [-0.2, 0) is 19.6 Å². The lowest BCUT2D eigenvalue weighted by atomic mass is 9.97. The highest BCUT2D eigenvalue weighted by Gasteiger charge is 2.27. The number of halogens is 1. The zero-order chi connectivity index (χ0) is 27.9. The highest BCUT2D eigenvalue weighted by Crippen LogP contribution is 2.43. The molecule has 1 heterocycles. The fraction of sp³-hybridized carbons (Fsp3) is 0.294. The molecule has 0 amide bonds. The van der Waals surface area contributed by atoms with Gasteiger partial charge < -0.3 is 9.47 Å². The van der Waals surface area contributed by atoms with E-state index in [0.29, 0.717) is 22.9 Å². The minimum atomic E-state index is -0.0846. The molecule has 0 radical (unpaired) electrons. The zero-order valence-electron chi connectivity index (χ0n) is 23.1. The van der Waals surface area contributed by atoms with Gasteiger partial charge in [0.05, 0.1) is 10.6 Å². The minimum Gasteiger partial charge on any atom is -0.488 e. The molecule has 4 aromatic rings. The van der Waals surface area contributed by atoms with Crippen LogP contribution in [0.2, 0.25) is 5.02 Å². The van der Waals surface area contributed by atoms with E-state index >= 15 is 0 Å². The molecule has 5 nitrogen and oxygen atoms in total. The Morgan fingerprint density at radius 1 is 1.02 bits per heavy atom. The summed E-state index contributed by atoms with van der Waals surface area (Å²) in [6.45, 7) is 7.28. The molecule has 0 saturated heterocycles. The van der Waals surface area contributed by atoms with Gasteiger partial charge in [-0.25, -0.2) is 0 Å². The predicted molar refractivity (Wildman–Crippen MR) is 160 cm³/mol. The van der Waals surface area contributed by atoms with Gasteiger partial charge in [-0.05, 0) is 66.7 Å². The first-order valence-electron chi connectivity index (χ1n) is 13.9. The van der Waals surface area contributed by atoms with Gasteiger partial charge in [-0.1, -0.05) is 74.0 Å². The number of rotatable bonds is 11. The second-order valence-electron chi connectivity index (χ2n) is 10.1. The molecular formula is C34H34ClN3O2. The normalized spacial score (nSPS) is 14.1. The molecule has 5 rings (SSSR count). The molecule has 40 heavy (non-hydrogen) atoms. The van der Waals surface area contributed by atoms with Gasteiger partial charge in [0.1, 0.15) is 30.3 Å². The molecule has 1 aliphatic rings. The molecule has 0 aliphatic heterocycles. The number of benzene rings is 3. The maximum Gasteiger partial charge on any atom is 0.142 e. The number of nitrogens with zero attached hydrogens (tertiary/aromatic N) is 3. The van der Waals surface area contributed by atoms with E-state index in [-0.39, 0.29) is 6.10 Å². The molecule has 204 valence electrons. The molecule has 0 spiro atoms. The third-order valence-corrected chi connectivity index (χ3v) is 7.68. The van der Waals surface area contributed by atoms with Gasteiger partial charge in [0.25, 0.3) is 0 Å². The summed E-state index contributed by atoms with van der Waals surface area (Å²) in [6.07, 6.45) is 6.10. The molecule has 1 aromatic heterocycles. The zero-order valence-corrected chi connectivity index (χ0v) is 23.8. The standard InChI is InChI=1S/C34H34ClN3O2/c1-3-15-38(4-2)22-27-17-31(35)34(18-33(27)39-23-25-16-24(19-36)20-37-21-25)40-32-14-13-29-28(11-8-12-30(29)32)26-9-6-5-7-10-26/h5-12,16-18,20-21,32H,3-4,13-15,22-23H2,1-2H3. The van der Waals surface area contributed by atoms with E-state index in [4.69, 9.17) is 21.1 Å². The quantitative estimate of drug-likeness (QED) is 0.188. The summed E-state index contributed by atoms with van der Waals surface area (Å²) in [5.74, 6) is 1.35. The van der Waals surface area contributed by atoms with E-state index < -0.39 is 0 Å². The Morgan fingerprint density at radius 3 is 2.65 bits per heavy atom. The van der Waals surface area contributed by atoms with E-state index in [1.807, 2.05) is 18.2 Å². The summed E-state index contributed by atoms with van der Waals surface area (Å²) in [5, 5.41) is 9.83. The Balaban J connectivity index is 1.43. The smallest absolute Gasteiger partial charge is 0.142 e. The first-order chi connectivity index (χ1) is 19.6. The number of nitriles is 1. The monoisotopic (exact) mass is 551 g/mol. The van der Waals surface area contributed by atoms with Crippen LogP contribution in [0.5, 0.6) is 11.5 Å². The summed E-state index contributed by atoms with van der Waals surface area (Å²) >= 11 is 6.85. The van der Waals surface area contributed by atoms with Gasteiger partial charge in [0.2, 0.25) is 0 Å². The van der Waals surface area contributed by atoms with Crippen molar-refractivity contribution in [2.75, 3.05) is 13.1 Å². The van der Waals surface area contributed by atoms with Crippen LogP contribution >= 0.6 is 11.6 Å². The summed E-state index contributed by atoms with van der Waals surface area (Å²) in [7, 11) is 0. The SMILES string of the molecule is CCCN(CC)Cc1cc(Cl)c(OC2CCc3c(-c4ccccc4)cccc32)cc1OCc1cncc(C#N)c1. The number of ether oxygens (including phenoxy) is 2. The van der Waals surface area contributed by atoms with Crippen molar-refractivity contribution in [3.05, 3.63) is 112 Å². The molecule has 1 atom stereocenters. The lowest BCUT2D eigenvalue weighted by Gasteiger charge is -2.23. The summed E-state index contributed by atoms with van der Waals surface area (Å²) in [4.78, 5) is 6.54. The van der Waals surface area contributed by atoms with Crippen LogP contribution < -0.4 is 9.47 Å². The fourth-order valence-electron chi connectivity index (χ4n) is 5.40. The highest BCUT2D eigenvalue weighted by molar-refractivity contribution is 6.32. The number of pyridine rings is 1. The number of fused-ring (bicyclic) bond motifs is 1. The summed E-state index contributed by atoms with van der Waals surface area (Å²) in [6, 6.07) is 24.8. The lowest BCUT2D eigenvalue weighted by molar-refractivity contribution is 0.205. The molecule has 0 fully saturated rings. The van der Waals surface area contributed by atoms with Gasteiger partial charge in [-0.3, -0.25) is 9.88 Å². The lowest BCUT2D eigenvalue weighted by Crippen LogP contribution is -2.24. The van der Waals surface area contributed by atoms with Crippen LogP contribution in [-0.4, -0.2) is 23.0 Å². The minimum absolute atomic E-state index is 0.0846. The Morgan fingerprint density at radius 2 is 1.88 bits per heavy atom. The van der Waals surface area contributed by atoms with Crippen LogP contribution in [0, 0.1) is 11.3 Å². The number of hydrogen-bond donors (Lipinski definition) is 0. The van der Waals surface area contributed by atoms with Gasteiger partial charge in [0, 0.05) is 36.1 Å². The van der Waals surface area contributed by atoms with E-state index in [9.17, 15) is 5.26 Å². The molecular weight excluding hydrogens is 518 g/mol. The maximum atomic E-state index is 9.25. The Kier molecular flexibility index (Phi) is 9.01. The van der Waals surface area contributed by atoms with Crippen molar-refractivity contribution in [2.24, 2.45) is 0 Å². The van der Waals surface area contributed by atoms with Crippen LogP contribution in [0.4, 0.5) is 0 Å². The maximum absolute atomic E-state index is 9.25. The van der Waals surface area contributed by atoms with Crippen LogP contribution in [0.25, 0.3) is 11.1 Å². The summed E-state index contributed by atoms with van der Waals surface area (Å²) in [5.41, 5.74) is 7.39. The number of hydrogen-bond acceptors (Lipinski definition) is 5. The van der Waals surface area contributed by atoms with Gasteiger partial charge in [-0.2, -0.15) is 5.26 Å². The Bertz CT molecular complexity index is 1500. The van der Waals surface area contributed by atoms with Crippen molar-refractivity contribution >= 4 is 11.6 Å². The van der Waals surface area contributed by atoms with Crippen LogP contribution in [0.15, 0.2) is 79.1 Å². The molecule has 0 N–H and O–H groups in total. The second-order valence-corrected chi connectivity index (χ2v) is 10.5. The Hall–Kier alpha value is -3.85. The predicted octanol–water partition coefficient (Wildman–Crippen LogP) is 8.15. The van der Waals surface area contributed by atoms with Crippen LogP contribution in [0.1, 0.15) is 60.6 Å². The van der Waals surface area contributed by atoms with Gasteiger partial charge in [-0.15, -0.1) is 0 Å². The molecule has 1 aliphatic carbocycles. The average Bonchev–Trinajstić information content (AvgIpc) is 3.40. The van der Waals surface area contributed by atoms with Crippen molar-refractivity contribution in [1.29, 1.82) is 5.26 Å². The Labute approximate surface area is 242 Å².